The average molecular weight is 1160 g/mol. The van der Waals surface area contributed by atoms with Crippen molar-refractivity contribution >= 4 is 35.3 Å². The summed E-state index contributed by atoms with van der Waals surface area (Å²) in [5.74, 6) is 1.58. The second-order valence-corrected chi connectivity index (χ2v) is 28.5. The van der Waals surface area contributed by atoms with E-state index < -0.39 is 5.54 Å². The Morgan fingerprint density at radius 3 is 0.795 bits per heavy atom. The van der Waals surface area contributed by atoms with Gasteiger partial charge < -0.3 is 5.73 Å². The standard InChI is InChI=1S/C70H80N10S3/c1-43-19-25-49(26-20-43)58-52(40-81-64-72-31-16-32-73-64)46(4)78-55(37-67(7,8)9)61(58)70(71,62-56(38-68(10,11)12)79-47(5)53(41-82-65-74-33-17-34-75-65)59(62)50-27-21-44(2)22-28-50)63-57(39-69(13,14)15)80-48(6)54(42-83-66-76-35-18-36-77-66)60(63)51-29-23-45(3)24-30-51/h16-36H,37-42,71H2,1-15H3. The molecule has 0 aliphatic rings. The average Bonchev–Trinajstić information content (AvgIpc) is 0.875. The van der Waals surface area contributed by atoms with Crippen LogP contribution in [0.15, 0.2) is 144 Å². The van der Waals surface area contributed by atoms with E-state index in [9.17, 15) is 5.73 Å². The van der Waals surface area contributed by atoms with E-state index in [1.165, 1.54) is 0 Å². The number of nitrogens with two attached hydrogens (primary N) is 1. The number of benzene rings is 3. The molecule has 3 aromatic carbocycles. The molecule has 0 saturated carbocycles. The molecule has 428 valence electrons. The van der Waals surface area contributed by atoms with Gasteiger partial charge in [-0.3, -0.25) is 15.0 Å². The maximum Gasteiger partial charge on any atom is 0.187 e. The van der Waals surface area contributed by atoms with Crippen molar-refractivity contribution in [3.8, 4) is 33.4 Å². The zero-order valence-corrected chi connectivity index (χ0v) is 53.6. The van der Waals surface area contributed by atoms with E-state index in [2.05, 4.69) is 177 Å². The van der Waals surface area contributed by atoms with Crippen LogP contribution in [-0.4, -0.2) is 44.9 Å². The topological polar surface area (TPSA) is 142 Å². The van der Waals surface area contributed by atoms with Gasteiger partial charge in [0.2, 0.25) is 0 Å². The number of rotatable bonds is 18. The summed E-state index contributed by atoms with van der Waals surface area (Å²) in [7, 11) is 0. The number of hydrogen-bond donors (Lipinski definition) is 1. The SMILES string of the molecule is Cc1ccc(-c2c(CSc3ncccn3)c(C)nc(CC(C)(C)C)c2C(N)(c2c(CC(C)(C)C)nc(C)c(CSc3ncccn3)c2-c2ccc(C)cc2)c2c(CC(C)(C)C)nc(C)c(CSc3ncccn3)c2-c2ccc(C)cc2)cc1. The predicted octanol–water partition coefficient (Wildman–Crippen LogP) is 17.0. The molecule has 0 spiro atoms. The first-order chi connectivity index (χ1) is 39.4. The van der Waals surface area contributed by atoms with Gasteiger partial charge in [-0.15, -0.1) is 0 Å². The fraction of sp³-hybridized carbons (Fsp3) is 0.357. The second kappa shape index (κ2) is 25.3. The molecule has 2 N–H and O–H groups in total. The van der Waals surface area contributed by atoms with Crippen LogP contribution >= 0.6 is 35.3 Å². The molecule has 9 aromatic rings. The lowest BCUT2D eigenvalue weighted by Crippen LogP contribution is -2.46. The lowest BCUT2D eigenvalue weighted by molar-refractivity contribution is 0.393. The summed E-state index contributed by atoms with van der Waals surface area (Å²) < 4.78 is 0. The summed E-state index contributed by atoms with van der Waals surface area (Å²) in [6.07, 6.45) is 12.7. The molecule has 0 aliphatic heterocycles. The van der Waals surface area contributed by atoms with Crippen molar-refractivity contribution in [3.05, 3.63) is 212 Å². The number of pyridine rings is 3. The van der Waals surface area contributed by atoms with Crippen molar-refractivity contribution in [2.45, 2.75) is 161 Å². The summed E-state index contributed by atoms with van der Waals surface area (Å²) in [4.78, 5) is 46.3. The van der Waals surface area contributed by atoms with E-state index in [1.807, 2.05) is 55.4 Å². The third kappa shape index (κ3) is 14.5. The Labute approximate surface area is 506 Å². The Kier molecular flexibility index (Phi) is 18.6. The molecule has 10 nitrogen and oxygen atoms in total. The fourth-order valence-electron chi connectivity index (χ4n) is 11.1. The molecule has 0 unspecified atom stereocenters. The van der Waals surface area contributed by atoms with Gasteiger partial charge in [0.25, 0.3) is 0 Å². The molecule has 0 amide bonds. The monoisotopic (exact) mass is 1160 g/mol. The highest BCUT2D eigenvalue weighted by molar-refractivity contribution is 7.98. The van der Waals surface area contributed by atoms with Gasteiger partial charge in [-0.2, -0.15) is 0 Å². The van der Waals surface area contributed by atoms with Crippen molar-refractivity contribution in [2.24, 2.45) is 22.0 Å². The van der Waals surface area contributed by atoms with E-state index in [0.29, 0.717) is 52.0 Å². The largest absolute Gasteiger partial charge is 0.314 e. The number of hydrogen-bond acceptors (Lipinski definition) is 13. The maximum absolute atomic E-state index is 9.69. The first kappa shape index (κ1) is 60.9. The molecule has 83 heavy (non-hydrogen) atoms. The molecule has 13 heteroatoms. The number of thioether (sulfide) groups is 3. The molecular weight excluding hydrogens is 1080 g/mol. The summed E-state index contributed by atoms with van der Waals surface area (Å²) in [5, 5.41) is 2.05. The van der Waals surface area contributed by atoms with E-state index in [1.54, 1.807) is 35.3 Å². The molecule has 0 saturated heterocycles. The smallest absolute Gasteiger partial charge is 0.187 e. The number of aromatic nitrogens is 9. The molecule has 0 aliphatic carbocycles. The first-order valence-electron chi connectivity index (χ1n) is 28.6. The van der Waals surface area contributed by atoms with Gasteiger partial charge in [0.05, 0.1) is 5.54 Å². The summed E-state index contributed by atoms with van der Waals surface area (Å²) in [5.41, 5.74) is 28.7. The first-order valence-corrected chi connectivity index (χ1v) is 31.6. The third-order valence-electron chi connectivity index (χ3n) is 14.7. The summed E-state index contributed by atoms with van der Waals surface area (Å²) in [6.45, 7) is 33.7. The van der Waals surface area contributed by atoms with Crippen LogP contribution in [0.5, 0.6) is 0 Å². The summed E-state index contributed by atoms with van der Waals surface area (Å²) >= 11 is 4.85. The van der Waals surface area contributed by atoms with Crippen molar-refractivity contribution in [1.82, 2.24) is 44.9 Å². The van der Waals surface area contributed by atoms with Gasteiger partial charge in [0.1, 0.15) is 0 Å². The van der Waals surface area contributed by atoms with Gasteiger partial charge in [-0.1, -0.05) is 187 Å². The minimum Gasteiger partial charge on any atom is -0.314 e. The quantitative estimate of drug-likeness (QED) is 0.0644. The van der Waals surface area contributed by atoms with Crippen molar-refractivity contribution in [2.75, 3.05) is 0 Å². The number of nitrogens with zero attached hydrogens (tertiary/aromatic N) is 9. The van der Waals surface area contributed by atoms with Gasteiger partial charge in [-0.25, -0.2) is 29.9 Å². The van der Waals surface area contributed by atoms with Crippen LogP contribution in [0.3, 0.4) is 0 Å². The van der Waals surface area contributed by atoms with E-state index in [0.717, 1.165) is 118 Å². The van der Waals surface area contributed by atoms with Crippen molar-refractivity contribution in [3.63, 3.8) is 0 Å². The Bertz CT molecular complexity index is 3310. The Morgan fingerprint density at radius 2 is 0.578 bits per heavy atom. The maximum atomic E-state index is 9.69. The zero-order valence-electron chi connectivity index (χ0n) is 51.2. The Morgan fingerprint density at radius 1 is 0.349 bits per heavy atom. The van der Waals surface area contributed by atoms with Crippen LogP contribution in [0.2, 0.25) is 0 Å². The molecule has 0 atom stereocenters. The number of aryl methyl sites for hydroxylation is 6. The second-order valence-electron chi connectivity index (χ2n) is 25.7. The Hall–Kier alpha value is -6.64. The van der Waals surface area contributed by atoms with Gasteiger partial charge >= 0.3 is 0 Å². The lowest BCUT2D eigenvalue weighted by Gasteiger charge is -2.43. The lowest BCUT2D eigenvalue weighted by atomic mass is 9.65. The van der Waals surface area contributed by atoms with Crippen LogP contribution in [-0.2, 0) is 42.1 Å². The van der Waals surface area contributed by atoms with Crippen molar-refractivity contribution in [1.29, 1.82) is 0 Å². The minimum atomic E-state index is -1.57. The molecular formula is C70H80N10S3. The van der Waals surface area contributed by atoms with Gasteiger partial charge in [0, 0.05) is 105 Å². The van der Waals surface area contributed by atoms with Gasteiger partial charge in [0.15, 0.2) is 15.5 Å². The predicted molar refractivity (Wildman–Crippen MR) is 346 cm³/mol. The molecule has 0 radical (unpaired) electrons. The molecule has 6 heterocycles. The summed E-state index contributed by atoms with van der Waals surface area (Å²) in [6, 6.07) is 32.6. The van der Waals surface area contributed by atoms with Crippen LogP contribution in [0.4, 0.5) is 0 Å². The van der Waals surface area contributed by atoms with Crippen LogP contribution in [0.25, 0.3) is 33.4 Å². The highest BCUT2D eigenvalue weighted by atomic mass is 32.2. The third-order valence-corrected chi connectivity index (χ3v) is 17.4. The molecule has 6 aromatic heterocycles. The van der Waals surface area contributed by atoms with E-state index >= 15 is 0 Å². The highest BCUT2D eigenvalue weighted by Gasteiger charge is 2.48. The van der Waals surface area contributed by atoms with E-state index in [-0.39, 0.29) is 16.2 Å². The zero-order chi connectivity index (χ0) is 59.4. The van der Waals surface area contributed by atoms with Crippen LogP contribution in [0.1, 0.15) is 147 Å². The van der Waals surface area contributed by atoms with E-state index in [4.69, 9.17) is 44.9 Å². The minimum absolute atomic E-state index is 0.248. The van der Waals surface area contributed by atoms with Gasteiger partial charge in [-0.05, 0) is 145 Å². The molecule has 0 fully saturated rings. The van der Waals surface area contributed by atoms with Crippen LogP contribution in [0, 0.1) is 57.8 Å². The van der Waals surface area contributed by atoms with Crippen molar-refractivity contribution < 1.29 is 0 Å². The normalized spacial score (nSPS) is 12.3. The van der Waals surface area contributed by atoms with Crippen LogP contribution < -0.4 is 5.73 Å². The molecule has 9 rings (SSSR count). The molecule has 0 bridgehead atoms. The Balaban J connectivity index is 1.61. The fourth-order valence-corrected chi connectivity index (χ4v) is 13.8. The highest BCUT2D eigenvalue weighted by Crippen LogP contribution is 2.55.